The smallest absolute Gasteiger partial charge is 0.378 e. The molecule has 2 heterocycles. The number of aromatic nitrogens is 2. The van der Waals surface area contributed by atoms with E-state index in [1.165, 1.54) is 6.33 Å². The number of nitrogens with one attached hydrogen (secondary N) is 2. The summed E-state index contributed by atoms with van der Waals surface area (Å²) < 4.78 is 69.8. The molecule has 0 saturated carbocycles. The highest BCUT2D eigenvalue weighted by Gasteiger charge is 2.30. The van der Waals surface area contributed by atoms with Crippen molar-refractivity contribution in [1.29, 1.82) is 0 Å². The topological polar surface area (TPSA) is 96.5 Å². The molecule has 0 bridgehead atoms. The maximum Gasteiger partial charge on any atom is 0.416 e. The fourth-order valence-electron chi connectivity index (χ4n) is 2.69. The van der Waals surface area contributed by atoms with E-state index < -0.39 is 21.8 Å². The molecule has 158 valence electrons. The molecular formula is C17H20F3N5O3S. The van der Waals surface area contributed by atoms with Crippen LogP contribution in [0.15, 0.2) is 41.6 Å². The van der Waals surface area contributed by atoms with Gasteiger partial charge in [0.1, 0.15) is 18.0 Å². The number of morpholine rings is 1. The molecule has 3 rings (SSSR count). The quantitative estimate of drug-likeness (QED) is 0.645. The Kier molecular flexibility index (Phi) is 6.55. The Balaban J connectivity index is 1.52. The molecule has 2 N–H and O–H groups in total. The number of alkyl halides is 3. The summed E-state index contributed by atoms with van der Waals surface area (Å²) in [5.74, 6) is 1.28. The Morgan fingerprint density at radius 3 is 2.41 bits per heavy atom. The van der Waals surface area contributed by atoms with Gasteiger partial charge in [0, 0.05) is 32.2 Å². The fourth-order valence-corrected chi connectivity index (χ4v) is 3.72. The Morgan fingerprint density at radius 2 is 1.76 bits per heavy atom. The van der Waals surface area contributed by atoms with Crippen LogP contribution in [0.3, 0.4) is 0 Å². The van der Waals surface area contributed by atoms with Crippen LogP contribution in [0.5, 0.6) is 0 Å². The maximum absolute atomic E-state index is 12.6. The summed E-state index contributed by atoms with van der Waals surface area (Å²) in [5, 5.41) is 2.99. The number of anilines is 2. The van der Waals surface area contributed by atoms with E-state index in [4.69, 9.17) is 4.74 Å². The molecule has 1 fully saturated rings. The highest BCUT2D eigenvalue weighted by atomic mass is 32.2. The number of hydrogen-bond donors (Lipinski definition) is 2. The molecule has 0 unspecified atom stereocenters. The second-order valence-corrected chi connectivity index (χ2v) is 7.97. The molecule has 0 atom stereocenters. The lowest BCUT2D eigenvalue weighted by atomic mass is 10.2. The summed E-state index contributed by atoms with van der Waals surface area (Å²) in [6.07, 6.45) is -3.10. The fraction of sp³-hybridized carbons (Fsp3) is 0.412. The predicted molar refractivity (Wildman–Crippen MR) is 100 cm³/mol. The van der Waals surface area contributed by atoms with Crippen molar-refractivity contribution < 1.29 is 26.3 Å². The molecule has 1 aromatic carbocycles. The van der Waals surface area contributed by atoms with Gasteiger partial charge < -0.3 is 15.0 Å². The first-order valence-electron chi connectivity index (χ1n) is 8.81. The zero-order valence-corrected chi connectivity index (χ0v) is 16.1. The summed E-state index contributed by atoms with van der Waals surface area (Å²) in [6, 6.07) is 5.09. The summed E-state index contributed by atoms with van der Waals surface area (Å²) in [5.41, 5.74) is -0.905. The molecule has 0 radical (unpaired) electrons. The van der Waals surface area contributed by atoms with Crippen molar-refractivity contribution in [1.82, 2.24) is 14.7 Å². The third kappa shape index (κ3) is 5.78. The van der Waals surface area contributed by atoms with Gasteiger partial charge in [0.25, 0.3) is 0 Å². The van der Waals surface area contributed by atoms with Crippen molar-refractivity contribution in [2.24, 2.45) is 0 Å². The van der Waals surface area contributed by atoms with Crippen molar-refractivity contribution in [3.05, 3.63) is 42.2 Å². The number of hydrogen-bond acceptors (Lipinski definition) is 7. The Labute approximate surface area is 166 Å². The van der Waals surface area contributed by atoms with Crippen molar-refractivity contribution in [3.63, 3.8) is 0 Å². The monoisotopic (exact) mass is 431 g/mol. The minimum absolute atomic E-state index is 0.0280. The van der Waals surface area contributed by atoms with E-state index in [1.807, 2.05) is 0 Å². The van der Waals surface area contributed by atoms with E-state index in [0.717, 1.165) is 43.2 Å². The lowest BCUT2D eigenvalue weighted by Crippen LogP contribution is -2.36. The lowest BCUT2D eigenvalue weighted by molar-refractivity contribution is -0.137. The molecule has 1 aliphatic rings. The average molecular weight is 431 g/mol. The third-order valence-electron chi connectivity index (χ3n) is 4.20. The van der Waals surface area contributed by atoms with Crippen LogP contribution in [0.2, 0.25) is 0 Å². The van der Waals surface area contributed by atoms with Crippen LogP contribution in [-0.4, -0.2) is 57.8 Å². The number of nitrogens with zero attached hydrogens (tertiary/aromatic N) is 3. The predicted octanol–water partition coefficient (Wildman–Crippen LogP) is 1.72. The van der Waals surface area contributed by atoms with Gasteiger partial charge in [-0.25, -0.2) is 23.1 Å². The summed E-state index contributed by atoms with van der Waals surface area (Å²) in [7, 11) is -3.91. The normalized spacial score (nSPS) is 15.3. The number of ether oxygens (including phenoxy) is 1. The summed E-state index contributed by atoms with van der Waals surface area (Å²) in [4.78, 5) is 10.1. The second kappa shape index (κ2) is 8.93. The van der Waals surface area contributed by atoms with Crippen LogP contribution in [0.1, 0.15) is 5.56 Å². The van der Waals surface area contributed by atoms with Gasteiger partial charge in [-0.05, 0) is 24.3 Å². The number of halogens is 3. The largest absolute Gasteiger partial charge is 0.416 e. The molecule has 0 aliphatic carbocycles. The second-order valence-electron chi connectivity index (χ2n) is 6.21. The van der Waals surface area contributed by atoms with E-state index in [9.17, 15) is 21.6 Å². The molecule has 0 amide bonds. The van der Waals surface area contributed by atoms with Crippen molar-refractivity contribution in [3.8, 4) is 0 Å². The van der Waals surface area contributed by atoms with Crippen LogP contribution < -0.4 is 14.9 Å². The van der Waals surface area contributed by atoms with Gasteiger partial charge in [-0.1, -0.05) is 0 Å². The molecule has 12 heteroatoms. The van der Waals surface area contributed by atoms with Crippen LogP contribution in [0, 0.1) is 0 Å². The molecule has 2 aromatic rings. The average Bonchev–Trinajstić information content (AvgIpc) is 2.72. The van der Waals surface area contributed by atoms with E-state index in [1.54, 1.807) is 6.07 Å². The van der Waals surface area contributed by atoms with Crippen LogP contribution in [0.4, 0.5) is 24.8 Å². The minimum atomic E-state index is -4.52. The van der Waals surface area contributed by atoms with Gasteiger partial charge in [0.15, 0.2) is 0 Å². The van der Waals surface area contributed by atoms with Gasteiger partial charge in [-0.2, -0.15) is 13.2 Å². The molecule has 8 nitrogen and oxygen atoms in total. The minimum Gasteiger partial charge on any atom is -0.378 e. The summed E-state index contributed by atoms with van der Waals surface area (Å²) >= 11 is 0. The Morgan fingerprint density at radius 1 is 1.07 bits per heavy atom. The van der Waals surface area contributed by atoms with Gasteiger partial charge in [-0.3, -0.25) is 0 Å². The van der Waals surface area contributed by atoms with Gasteiger partial charge in [-0.15, -0.1) is 0 Å². The van der Waals surface area contributed by atoms with Gasteiger partial charge in [0.05, 0.1) is 23.7 Å². The van der Waals surface area contributed by atoms with Gasteiger partial charge in [0.2, 0.25) is 10.0 Å². The molecule has 0 spiro atoms. The number of sulfonamides is 1. The van der Waals surface area contributed by atoms with Crippen LogP contribution >= 0.6 is 0 Å². The maximum atomic E-state index is 12.6. The van der Waals surface area contributed by atoms with E-state index in [2.05, 4.69) is 24.9 Å². The SMILES string of the molecule is O=S(=O)(NCCNc1cc(N2CCOCC2)ncn1)c1ccc(C(F)(F)F)cc1. The Bertz CT molecular complexity index is 917. The van der Waals surface area contributed by atoms with Crippen LogP contribution in [-0.2, 0) is 20.9 Å². The highest BCUT2D eigenvalue weighted by Crippen LogP contribution is 2.29. The standard InChI is InChI=1S/C17H20F3N5O3S/c18-17(19,20)13-1-3-14(4-2-13)29(26,27)24-6-5-21-15-11-16(23-12-22-15)25-7-9-28-10-8-25/h1-4,11-12,24H,5-10H2,(H,21,22,23). The van der Waals surface area contributed by atoms with Gasteiger partial charge >= 0.3 is 6.18 Å². The van der Waals surface area contributed by atoms with Crippen molar-refractivity contribution >= 4 is 21.7 Å². The zero-order chi connectivity index (χ0) is 20.9. The lowest BCUT2D eigenvalue weighted by Gasteiger charge is -2.27. The Hall–Kier alpha value is -2.44. The zero-order valence-electron chi connectivity index (χ0n) is 15.3. The summed E-state index contributed by atoms with van der Waals surface area (Å²) in [6.45, 7) is 2.96. The van der Waals surface area contributed by atoms with Crippen LogP contribution in [0.25, 0.3) is 0 Å². The number of benzene rings is 1. The first-order valence-corrected chi connectivity index (χ1v) is 10.3. The molecule has 29 heavy (non-hydrogen) atoms. The molecular weight excluding hydrogens is 411 g/mol. The van der Waals surface area contributed by atoms with E-state index >= 15 is 0 Å². The van der Waals surface area contributed by atoms with E-state index in [0.29, 0.717) is 19.0 Å². The first kappa shape index (κ1) is 21.3. The van der Waals surface area contributed by atoms with E-state index in [-0.39, 0.29) is 18.0 Å². The number of rotatable bonds is 7. The van der Waals surface area contributed by atoms with Crippen molar-refractivity contribution in [2.45, 2.75) is 11.1 Å². The highest BCUT2D eigenvalue weighted by molar-refractivity contribution is 7.89. The van der Waals surface area contributed by atoms with Crippen molar-refractivity contribution in [2.75, 3.05) is 49.6 Å². The molecule has 1 saturated heterocycles. The first-order chi connectivity index (χ1) is 13.8. The molecule has 1 aliphatic heterocycles. The third-order valence-corrected chi connectivity index (χ3v) is 5.68. The molecule has 1 aromatic heterocycles.